The Bertz CT molecular complexity index is 403. The summed E-state index contributed by atoms with van der Waals surface area (Å²) in [5, 5.41) is 10.1. The Kier molecular flexibility index (Phi) is 2.36. The van der Waals surface area contributed by atoms with E-state index in [1.54, 1.807) is 6.07 Å². The Morgan fingerprint density at radius 3 is 3.14 bits per heavy atom. The molecule has 0 aliphatic carbocycles. The molecule has 2 atom stereocenters. The zero-order valence-electron chi connectivity index (χ0n) is 7.71. The topological polar surface area (TPSA) is 57.8 Å². The van der Waals surface area contributed by atoms with Gasteiger partial charge in [0.05, 0.1) is 11.7 Å². The van der Waals surface area contributed by atoms with Gasteiger partial charge in [0.2, 0.25) is 0 Å². The molecule has 0 spiro atoms. The van der Waals surface area contributed by atoms with E-state index in [0.717, 1.165) is 24.1 Å². The molecule has 0 radical (unpaired) electrons. The molecule has 14 heavy (non-hydrogen) atoms. The number of hydrogen-bond acceptors (Lipinski definition) is 3. The normalized spacial score (nSPS) is 28.0. The van der Waals surface area contributed by atoms with Crippen molar-refractivity contribution in [2.24, 2.45) is 0 Å². The van der Waals surface area contributed by atoms with Crippen molar-refractivity contribution in [2.75, 3.05) is 0 Å². The van der Waals surface area contributed by atoms with Crippen molar-refractivity contribution in [3.63, 3.8) is 0 Å². The highest BCUT2D eigenvalue weighted by Crippen LogP contribution is 2.33. The van der Waals surface area contributed by atoms with Gasteiger partial charge in [-0.15, -0.1) is 0 Å². The Morgan fingerprint density at radius 2 is 2.29 bits per heavy atom. The Morgan fingerprint density at radius 1 is 1.43 bits per heavy atom. The first-order chi connectivity index (χ1) is 6.33. The number of nitrogens with zero attached hydrogens (tertiary/aromatic N) is 1. The summed E-state index contributed by atoms with van der Waals surface area (Å²) in [5.41, 5.74) is 2.10. The number of H-pyrrole nitrogens is 1. The maximum atomic E-state index is 11.0. The zero-order valence-corrected chi connectivity index (χ0v) is 8.71. The first-order valence-electron chi connectivity index (χ1n) is 4.67. The van der Waals surface area contributed by atoms with Crippen LogP contribution in [0.3, 0.4) is 0 Å². The van der Waals surface area contributed by atoms with Gasteiger partial charge in [0.25, 0.3) is 5.56 Å². The van der Waals surface area contributed by atoms with Gasteiger partial charge in [-0.2, -0.15) is 18.6 Å². The van der Waals surface area contributed by atoms with E-state index >= 15 is 0 Å². The smallest absolute Gasteiger partial charge is 0.264 e. The van der Waals surface area contributed by atoms with E-state index in [1.807, 2.05) is 0 Å². The first-order valence-corrected chi connectivity index (χ1v) is 4.67. The minimum atomic E-state index is -0.0833. The molecule has 1 saturated heterocycles. The Balaban J connectivity index is 0.000000750. The Hall–Kier alpha value is -0.810. The highest BCUT2D eigenvalue weighted by atomic mass is 32.1. The van der Waals surface area contributed by atoms with Crippen LogP contribution in [-0.2, 0) is 6.42 Å². The number of hydrogen-bond donors (Lipinski definition) is 2. The second-order valence-electron chi connectivity index (χ2n) is 3.84. The van der Waals surface area contributed by atoms with Gasteiger partial charge >= 0.3 is 0 Å². The molecule has 2 N–H and O–H groups in total. The summed E-state index contributed by atoms with van der Waals surface area (Å²) < 4.78 is 0. The molecule has 4 nitrogen and oxygen atoms in total. The largest absolute Gasteiger partial charge is 0.305 e. The van der Waals surface area contributed by atoms with Crippen molar-refractivity contribution in [2.45, 2.75) is 31.3 Å². The second kappa shape index (κ2) is 3.40. The lowest BCUT2D eigenvalue weighted by molar-refractivity contribution is 0.497. The summed E-state index contributed by atoms with van der Waals surface area (Å²) in [4.78, 5) is 11.0. The molecule has 3 heterocycles. The molecule has 2 bridgehead atoms. The maximum absolute atomic E-state index is 11.0. The molecule has 2 aliphatic heterocycles. The minimum absolute atomic E-state index is 0. The Labute approximate surface area is 88.6 Å². The van der Waals surface area contributed by atoms with Crippen LogP contribution in [0.25, 0.3) is 0 Å². The van der Waals surface area contributed by atoms with Gasteiger partial charge in [0.1, 0.15) is 0 Å². The predicted molar refractivity (Wildman–Crippen MR) is 57.8 cm³/mol. The van der Waals surface area contributed by atoms with E-state index in [2.05, 4.69) is 15.5 Å². The molecule has 2 aliphatic rings. The molecule has 5 heteroatoms. The van der Waals surface area contributed by atoms with Crippen LogP contribution in [0.2, 0.25) is 0 Å². The number of rotatable bonds is 0. The highest BCUT2D eigenvalue weighted by molar-refractivity contribution is 7.59. The summed E-state index contributed by atoms with van der Waals surface area (Å²) in [6.07, 6.45) is 3.31. The van der Waals surface area contributed by atoms with E-state index in [0.29, 0.717) is 12.1 Å². The summed E-state index contributed by atoms with van der Waals surface area (Å²) in [5.74, 6) is 0. The van der Waals surface area contributed by atoms with Crippen molar-refractivity contribution in [1.82, 2.24) is 15.5 Å². The van der Waals surface area contributed by atoms with Crippen LogP contribution in [0.15, 0.2) is 10.9 Å². The summed E-state index contributed by atoms with van der Waals surface area (Å²) >= 11 is 0. The van der Waals surface area contributed by atoms with E-state index in [4.69, 9.17) is 0 Å². The monoisotopic (exact) mass is 211 g/mol. The van der Waals surface area contributed by atoms with Gasteiger partial charge in [-0.25, -0.2) is 5.10 Å². The van der Waals surface area contributed by atoms with Crippen LogP contribution < -0.4 is 10.9 Å². The molecule has 0 amide bonds. The standard InChI is InChI=1S/C9H11N3O.H2S/c13-8-4-5-3-6-1-2-7(10-6)9(5)12-11-8;/h4,6-7,10H,1-3H2,(H,11,13);1H2. The van der Waals surface area contributed by atoms with Gasteiger partial charge < -0.3 is 5.32 Å². The van der Waals surface area contributed by atoms with Gasteiger partial charge in [0.15, 0.2) is 0 Å². The average molecular weight is 211 g/mol. The van der Waals surface area contributed by atoms with E-state index < -0.39 is 0 Å². The molecule has 0 aromatic carbocycles. The van der Waals surface area contributed by atoms with Crippen LogP contribution in [0.5, 0.6) is 0 Å². The molecule has 1 aromatic rings. The maximum Gasteiger partial charge on any atom is 0.264 e. The van der Waals surface area contributed by atoms with Crippen LogP contribution in [-0.4, -0.2) is 16.2 Å². The number of aromatic nitrogens is 2. The third-order valence-electron chi connectivity index (χ3n) is 2.96. The number of aromatic amines is 1. The van der Waals surface area contributed by atoms with Crippen molar-refractivity contribution >= 4 is 13.5 Å². The summed E-state index contributed by atoms with van der Waals surface area (Å²) in [6.45, 7) is 0. The fourth-order valence-corrected chi connectivity index (χ4v) is 2.38. The zero-order chi connectivity index (χ0) is 8.84. The fourth-order valence-electron chi connectivity index (χ4n) is 2.38. The lowest BCUT2D eigenvalue weighted by atomic mass is 10.0. The van der Waals surface area contributed by atoms with Crippen LogP contribution in [0.4, 0.5) is 0 Å². The molecule has 76 valence electrons. The predicted octanol–water partition coefficient (Wildman–Crippen LogP) is 0.232. The van der Waals surface area contributed by atoms with Crippen LogP contribution >= 0.6 is 13.5 Å². The van der Waals surface area contributed by atoms with Crippen LogP contribution in [0.1, 0.15) is 30.1 Å². The lowest BCUT2D eigenvalue weighted by Crippen LogP contribution is -2.34. The average Bonchev–Trinajstić information content (AvgIpc) is 2.48. The van der Waals surface area contributed by atoms with Crippen molar-refractivity contribution in [3.8, 4) is 0 Å². The minimum Gasteiger partial charge on any atom is -0.305 e. The van der Waals surface area contributed by atoms with Gasteiger partial charge in [-0.1, -0.05) is 0 Å². The molecular weight excluding hydrogens is 198 g/mol. The van der Waals surface area contributed by atoms with Gasteiger partial charge in [-0.3, -0.25) is 4.79 Å². The number of fused-ring (bicyclic) bond motifs is 4. The van der Waals surface area contributed by atoms with E-state index in [-0.39, 0.29) is 19.1 Å². The third kappa shape index (κ3) is 1.36. The van der Waals surface area contributed by atoms with E-state index in [9.17, 15) is 4.79 Å². The third-order valence-corrected chi connectivity index (χ3v) is 2.96. The molecular formula is C9H13N3OS. The molecule has 1 fully saturated rings. The van der Waals surface area contributed by atoms with Crippen molar-refractivity contribution in [3.05, 3.63) is 27.7 Å². The second-order valence-corrected chi connectivity index (χ2v) is 3.84. The molecule has 3 rings (SSSR count). The molecule has 0 saturated carbocycles. The summed E-state index contributed by atoms with van der Waals surface area (Å²) in [7, 11) is 0. The molecule has 1 aromatic heterocycles. The van der Waals surface area contributed by atoms with Crippen molar-refractivity contribution in [1.29, 1.82) is 0 Å². The van der Waals surface area contributed by atoms with E-state index in [1.165, 1.54) is 6.42 Å². The summed E-state index contributed by atoms with van der Waals surface area (Å²) in [6, 6.07) is 2.64. The van der Waals surface area contributed by atoms with Gasteiger partial charge in [0, 0.05) is 12.1 Å². The first kappa shape index (κ1) is 9.73. The quantitative estimate of drug-likeness (QED) is 0.646. The number of nitrogens with one attached hydrogen (secondary N) is 2. The van der Waals surface area contributed by atoms with Crippen molar-refractivity contribution < 1.29 is 0 Å². The SMILES string of the molecule is O=c1cc2c(n[nH]1)C1CCC(C2)N1.S. The highest BCUT2D eigenvalue weighted by Gasteiger charge is 2.33. The van der Waals surface area contributed by atoms with Gasteiger partial charge in [-0.05, 0) is 24.8 Å². The molecule has 2 unspecified atom stereocenters. The van der Waals surface area contributed by atoms with Crippen LogP contribution in [0, 0.1) is 0 Å². The fraction of sp³-hybridized carbons (Fsp3) is 0.556. The lowest BCUT2D eigenvalue weighted by Gasteiger charge is -2.22.